The summed E-state index contributed by atoms with van der Waals surface area (Å²) in [7, 11) is 0. The van der Waals surface area contributed by atoms with E-state index in [0.29, 0.717) is 19.3 Å². The molecular weight excluding hydrogens is 257 g/mol. The van der Waals surface area contributed by atoms with Crippen LogP contribution in [0, 0.1) is 23.7 Å². The quantitative estimate of drug-likeness (QED) is 0.820. The second kappa shape index (κ2) is 5.71. The summed E-state index contributed by atoms with van der Waals surface area (Å²) in [5, 5.41) is 9.24. The molecule has 0 aromatic rings. The highest BCUT2D eigenvalue weighted by molar-refractivity contribution is 5.70. The molecule has 0 amide bonds. The van der Waals surface area contributed by atoms with Crippen LogP contribution in [0.2, 0.25) is 0 Å². The number of carbonyl (C=O) groups is 1. The van der Waals surface area contributed by atoms with Gasteiger partial charge in [0.05, 0.1) is 11.8 Å². The van der Waals surface area contributed by atoms with E-state index < -0.39 is 18.1 Å². The first kappa shape index (κ1) is 14.7. The average molecular weight is 278 g/mol. The summed E-state index contributed by atoms with van der Waals surface area (Å²) in [6, 6.07) is 0. The van der Waals surface area contributed by atoms with E-state index >= 15 is 0 Å². The third kappa shape index (κ3) is 3.42. The van der Waals surface area contributed by atoms with Gasteiger partial charge < -0.3 is 5.11 Å². The first-order valence-corrected chi connectivity index (χ1v) is 7.19. The van der Waals surface area contributed by atoms with Crippen molar-refractivity contribution in [3.05, 3.63) is 0 Å². The van der Waals surface area contributed by atoms with E-state index in [2.05, 4.69) is 0 Å². The van der Waals surface area contributed by atoms with Crippen molar-refractivity contribution < 1.29 is 23.1 Å². The fraction of sp³-hybridized carbons (Fsp3) is 0.929. The van der Waals surface area contributed by atoms with Crippen LogP contribution in [0.4, 0.5) is 13.2 Å². The number of carboxylic acid groups (broad SMARTS) is 1. The average Bonchev–Trinajstić information content (AvgIpc) is 2.38. The Morgan fingerprint density at radius 2 is 1.53 bits per heavy atom. The summed E-state index contributed by atoms with van der Waals surface area (Å²) in [6.07, 6.45) is 0.880. The molecule has 0 saturated heterocycles. The number of aliphatic carboxylic acids is 1. The third-order valence-corrected chi connectivity index (χ3v) is 4.98. The minimum Gasteiger partial charge on any atom is -0.481 e. The fourth-order valence-corrected chi connectivity index (χ4v) is 3.91. The largest absolute Gasteiger partial charge is 0.481 e. The maximum absolute atomic E-state index is 12.6. The molecule has 0 bridgehead atoms. The normalized spacial score (nSPS) is 37.0. The van der Waals surface area contributed by atoms with Crippen LogP contribution in [0.5, 0.6) is 0 Å². The van der Waals surface area contributed by atoms with Gasteiger partial charge in [0.25, 0.3) is 0 Å². The van der Waals surface area contributed by atoms with Gasteiger partial charge in [0.1, 0.15) is 0 Å². The predicted molar refractivity (Wildman–Crippen MR) is 64.6 cm³/mol. The Morgan fingerprint density at radius 1 is 0.947 bits per heavy atom. The van der Waals surface area contributed by atoms with Crippen molar-refractivity contribution in [3.8, 4) is 0 Å². The number of carboxylic acids is 1. The highest BCUT2D eigenvalue weighted by Gasteiger charge is 2.44. The van der Waals surface area contributed by atoms with Crippen LogP contribution in [0.3, 0.4) is 0 Å². The van der Waals surface area contributed by atoms with E-state index in [1.807, 2.05) is 0 Å². The standard InChI is InChI=1S/C14H21F3O2/c15-14(16,17)10-7-5-9(6-8-10)11-3-1-2-4-12(11)13(18)19/h9-12H,1-8H2,(H,18,19)/t9?,10?,11-,12+/m0/s1. The molecule has 2 aliphatic carbocycles. The van der Waals surface area contributed by atoms with Gasteiger partial charge in [0.15, 0.2) is 0 Å². The van der Waals surface area contributed by atoms with Gasteiger partial charge >= 0.3 is 12.1 Å². The van der Waals surface area contributed by atoms with Crippen molar-refractivity contribution in [2.45, 2.75) is 57.5 Å². The Bertz CT molecular complexity index is 319. The Balaban J connectivity index is 1.94. The SMILES string of the molecule is O=C(O)[C@@H]1CCCC[C@H]1C1CCC(C(F)(F)F)CC1. The van der Waals surface area contributed by atoms with Crippen LogP contribution in [0.25, 0.3) is 0 Å². The summed E-state index contributed by atoms with van der Waals surface area (Å²) in [4.78, 5) is 11.3. The molecule has 110 valence electrons. The zero-order chi connectivity index (χ0) is 14.0. The van der Waals surface area contributed by atoms with Gasteiger partial charge in [-0.15, -0.1) is 0 Å². The van der Waals surface area contributed by atoms with Crippen molar-refractivity contribution >= 4 is 5.97 Å². The van der Waals surface area contributed by atoms with Crippen LogP contribution in [-0.4, -0.2) is 17.3 Å². The number of halogens is 3. The van der Waals surface area contributed by atoms with E-state index in [1.165, 1.54) is 0 Å². The van der Waals surface area contributed by atoms with Crippen molar-refractivity contribution in [3.63, 3.8) is 0 Å². The number of hydrogen-bond acceptors (Lipinski definition) is 1. The second-order valence-corrected chi connectivity index (χ2v) is 6.05. The highest BCUT2D eigenvalue weighted by atomic mass is 19.4. The molecule has 1 N–H and O–H groups in total. The molecule has 2 nitrogen and oxygen atoms in total. The zero-order valence-electron chi connectivity index (χ0n) is 11.0. The van der Waals surface area contributed by atoms with Crippen molar-refractivity contribution in [1.29, 1.82) is 0 Å². The lowest BCUT2D eigenvalue weighted by Crippen LogP contribution is -2.36. The Kier molecular flexibility index (Phi) is 4.41. The first-order chi connectivity index (χ1) is 8.89. The Morgan fingerprint density at radius 3 is 2.05 bits per heavy atom. The number of rotatable bonds is 2. The van der Waals surface area contributed by atoms with Crippen molar-refractivity contribution in [2.75, 3.05) is 0 Å². The van der Waals surface area contributed by atoms with Crippen LogP contribution in [0.15, 0.2) is 0 Å². The molecule has 19 heavy (non-hydrogen) atoms. The molecule has 2 rings (SSSR count). The fourth-order valence-electron chi connectivity index (χ4n) is 3.91. The van der Waals surface area contributed by atoms with Crippen LogP contribution >= 0.6 is 0 Å². The lowest BCUT2D eigenvalue weighted by atomic mass is 9.66. The molecule has 0 spiro atoms. The van der Waals surface area contributed by atoms with Gasteiger partial charge in [0.2, 0.25) is 0 Å². The van der Waals surface area contributed by atoms with Gasteiger partial charge in [0, 0.05) is 0 Å². The minimum atomic E-state index is -4.08. The van der Waals surface area contributed by atoms with Crippen LogP contribution in [0.1, 0.15) is 51.4 Å². The van der Waals surface area contributed by atoms with E-state index in [9.17, 15) is 23.1 Å². The molecule has 0 unspecified atom stereocenters. The molecule has 2 aliphatic rings. The topological polar surface area (TPSA) is 37.3 Å². The van der Waals surface area contributed by atoms with Crippen molar-refractivity contribution in [1.82, 2.24) is 0 Å². The Labute approximate surface area is 111 Å². The van der Waals surface area contributed by atoms with E-state index in [1.54, 1.807) is 0 Å². The predicted octanol–water partition coefficient (Wildman–Crippen LogP) is 4.25. The lowest BCUT2D eigenvalue weighted by molar-refractivity contribution is -0.186. The maximum atomic E-state index is 12.6. The summed E-state index contributed by atoms with van der Waals surface area (Å²) in [5.41, 5.74) is 0. The van der Waals surface area contributed by atoms with Crippen LogP contribution in [-0.2, 0) is 4.79 Å². The van der Waals surface area contributed by atoms with Gasteiger partial charge in [-0.3, -0.25) is 4.79 Å². The molecule has 0 aliphatic heterocycles. The molecule has 5 heteroatoms. The van der Waals surface area contributed by atoms with Crippen LogP contribution < -0.4 is 0 Å². The molecule has 0 heterocycles. The molecule has 2 atom stereocenters. The first-order valence-electron chi connectivity index (χ1n) is 7.19. The van der Waals surface area contributed by atoms with Gasteiger partial charge in [-0.2, -0.15) is 13.2 Å². The molecule has 0 aromatic heterocycles. The van der Waals surface area contributed by atoms with Gasteiger partial charge in [-0.1, -0.05) is 12.8 Å². The smallest absolute Gasteiger partial charge is 0.391 e. The molecule has 0 radical (unpaired) electrons. The third-order valence-electron chi connectivity index (χ3n) is 4.98. The summed E-state index contributed by atoms with van der Waals surface area (Å²) in [5.74, 6) is -1.99. The molecule has 0 aromatic carbocycles. The lowest BCUT2D eigenvalue weighted by Gasteiger charge is -2.39. The minimum absolute atomic E-state index is 0.0976. The van der Waals surface area contributed by atoms with E-state index in [4.69, 9.17) is 0 Å². The number of alkyl halides is 3. The monoisotopic (exact) mass is 278 g/mol. The molecular formula is C14H21F3O2. The van der Waals surface area contributed by atoms with Crippen molar-refractivity contribution in [2.24, 2.45) is 23.7 Å². The van der Waals surface area contributed by atoms with Gasteiger partial charge in [-0.25, -0.2) is 0 Å². The second-order valence-electron chi connectivity index (χ2n) is 6.05. The molecule has 2 saturated carbocycles. The summed E-state index contributed by atoms with van der Waals surface area (Å²) in [6.45, 7) is 0. The maximum Gasteiger partial charge on any atom is 0.391 e. The van der Waals surface area contributed by atoms with E-state index in [0.717, 1.165) is 19.3 Å². The zero-order valence-corrected chi connectivity index (χ0v) is 11.0. The summed E-state index contributed by atoms with van der Waals surface area (Å²) >= 11 is 0. The van der Waals surface area contributed by atoms with Gasteiger partial charge in [-0.05, 0) is 50.4 Å². The molecule has 2 fully saturated rings. The Hall–Kier alpha value is -0.740. The van der Waals surface area contributed by atoms with E-state index in [-0.39, 0.29) is 30.6 Å². The number of hydrogen-bond donors (Lipinski definition) is 1. The highest BCUT2D eigenvalue weighted by Crippen LogP contribution is 2.46. The summed E-state index contributed by atoms with van der Waals surface area (Å²) < 4.78 is 37.9.